The Balaban J connectivity index is 1.28. The average Bonchev–Trinajstić information content (AvgIpc) is 1.06. The molecule has 514 valence electrons. The van der Waals surface area contributed by atoms with Crippen molar-refractivity contribution in [2.45, 2.75) is 362 Å². The minimum atomic E-state index is 0.690. The van der Waals surface area contributed by atoms with Crippen molar-refractivity contribution in [2.75, 3.05) is 26.4 Å². The quantitative estimate of drug-likeness (QED) is 0.0324. The summed E-state index contributed by atoms with van der Waals surface area (Å²) in [6.07, 6.45) is 73.2. The van der Waals surface area contributed by atoms with E-state index in [-0.39, 0.29) is 0 Å². The van der Waals surface area contributed by atoms with Crippen molar-refractivity contribution < 1.29 is 18.9 Å². The number of benzene rings is 2. The third-order valence-corrected chi connectivity index (χ3v) is 18.4. The molecule has 6 heteroatoms. The zero-order valence-corrected chi connectivity index (χ0v) is 60.1. The summed E-state index contributed by atoms with van der Waals surface area (Å²) < 4.78 is 25.7. The Morgan fingerprint density at radius 1 is 0.217 bits per heavy atom. The molecule has 92 heavy (non-hydrogen) atoms. The highest BCUT2D eigenvalue weighted by atomic mass is 16.5. The maximum atomic E-state index is 6.47. The summed E-state index contributed by atoms with van der Waals surface area (Å²) in [7, 11) is 0. The molecule has 2 aromatic heterocycles. The Hall–Kier alpha value is -4.94. The Morgan fingerprint density at radius 3 is 0.630 bits per heavy atom. The molecular formula is C86H136N2O4. The molecule has 0 radical (unpaired) electrons. The van der Waals surface area contributed by atoms with Gasteiger partial charge >= 0.3 is 0 Å². The van der Waals surface area contributed by atoms with Crippen LogP contribution in [0.4, 0.5) is 0 Å². The summed E-state index contributed by atoms with van der Waals surface area (Å²) in [5.41, 5.74) is 5.08. The zero-order chi connectivity index (χ0) is 64.9. The molecule has 2 aromatic carbocycles. The van der Waals surface area contributed by atoms with Gasteiger partial charge in [0.25, 0.3) is 0 Å². The maximum Gasteiger partial charge on any atom is 0.162 e. The summed E-state index contributed by atoms with van der Waals surface area (Å²) in [5, 5.41) is 0. The van der Waals surface area contributed by atoms with Crippen LogP contribution in [0.2, 0.25) is 0 Å². The van der Waals surface area contributed by atoms with Crippen LogP contribution in [0.25, 0.3) is 11.4 Å². The smallest absolute Gasteiger partial charge is 0.162 e. The molecule has 0 unspecified atom stereocenters. The number of rotatable bonds is 61. The van der Waals surface area contributed by atoms with Crippen LogP contribution in [-0.2, 0) is 0 Å². The summed E-state index contributed by atoms with van der Waals surface area (Å²) >= 11 is 0. The van der Waals surface area contributed by atoms with Crippen molar-refractivity contribution in [1.82, 2.24) is 9.97 Å². The van der Waals surface area contributed by atoms with Crippen LogP contribution in [0.15, 0.2) is 73.1 Å². The van der Waals surface area contributed by atoms with Crippen molar-refractivity contribution in [3.63, 3.8) is 0 Å². The maximum absolute atomic E-state index is 6.47. The van der Waals surface area contributed by atoms with E-state index in [1.807, 2.05) is 48.8 Å². The normalized spacial score (nSPS) is 11.1. The van der Waals surface area contributed by atoms with Gasteiger partial charge in [0, 0.05) is 34.6 Å². The van der Waals surface area contributed by atoms with Crippen LogP contribution >= 0.6 is 0 Å². The lowest BCUT2D eigenvalue weighted by Crippen LogP contribution is -2.03. The SMILES string of the molecule is CCCCCCCCCCCCCCCOc1ccc(C#Cc2ccc(-c3ccc(C#Cc4ccc(OCCCCCCCCCCCCCCC)c(OCCCCCCCCCCCCCCC)c4)cn3)nc2)cc1OCCCCCCCCCCCCCCC. The molecule has 6 nitrogen and oxygen atoms in total. The topological polar surface area (TPSA) is 62.7 Å². The molecule has 0 fully saturated rings. The molecular weight excluding hydrogens is 1120 g/mol. The van der Waals surface area contributed by atoms with E-state index in [1.165, 1.54) is 308 Å². The molecule has 2 heterocycles. The van der Waals surface area contributed by atoms with Gasteiger partial charge in [0.05, 0.1) is 37.8 Å². The molecule has 0 aliphatic carbocycles. The number of nitrogens with zero attached hydrogens (tertiary/aromatic N) is 2. The number of hydrogen-bond donors (Lipinski definition) is 0. The van der Waals surface area contributed by atoms with E-state index in [4.69, 9.17) is 28.9 Å². The van der Waals surface area contributed by atoms with E-state index in [0.717, 1.165) is 82.3 Å². The summed E-state index contributed by atoms with van der Waals surface area (Å²) in [5.74, 6) is 16.7. The highest BCUT2D eigenvalue weighted by Crippen LogP contribution is 2.31. The first-order chi connectivity index (χ1) is 45.6. The third kappa shape index (κ3) is 42.4. The molecule has 0 saturated carbocycles. The molecule has 4 aromatic rings. The second-order valence-electron chi connectivity index (χ2n) is 27.1. The molecule has 0 atom stereocenters. The van der Waals surface area contributed by atoms with E-state index in [0.29, 0.717) is 26.4 Å². The molecule has 0 aliphatic heterocycles. The van der Waals surface area contributed by atoms with Crippen LogP contribution < -0.4 is 18.9 Å². The third-order valence-electron chi connectivity index (χ3n) is 18.4. The minimum Gasteiger partial charge on any atom is -0.490 e. The lowest BCUT2D eigenvalue weighted by atomic mass is 10.0. The summed E-state index contributed by atoms with van der Waals surface area (Å²) in [6, 6.07) is 20.4. The molecule has 0 amide bonds. The van der Waals surface area contributed by atoms with E-state index < -0.39 is 0 Å². The van der Waals surface area contributed by atoms with Crippen molar-refractivity contribution >= 4 is 0 Å². The number of ether oxygens (including phenoxy) is 4. The summed E-state index contributed by atoms with van der Waals surface area (Å²) in [6.45, 7) is 12.0. The lowest BCUT2D eigenvalue weighted by Gasteiger charge is -2.13. The van der Waals surface area contributed by atoms with Gasteiger partial charge in [-0.2, -0.15) is 0 Å². The van der Waals surface area contributed by atoms with Gasteiger partial charge in [-0.3, -0.25) is 9.97 Å². The van der Waals surface area contributed by atoms with Crippen molar-refractivity contribution in [1.29, 1.82) is 0 Å². The first kappa shape index (κ1) is 79.5. The molecule has 0 saturated heterocycles. The second kappa shape index (κ2) is 58.6. The Kier molecular flexibility index (Phi) is 50.7. The molecule has 0 bridgehead atoms. The largest absolute Gasteiger partial charge is 0.490 e. The van der Waals surface area contributed by atoms with Gasteiger partial charge in [-0.05, 0) is 86.3 Å². The Labute approximate surface area is 567 Å². The fourth-order valence-electron chi connectivity index (χ4n) is 12.4. The average molecular weight is 1260 g/mol. The molecule has 0 N–H and O–H groups in total. The van der Waals surface area contributed by atoms with Crippen molar-refractivity contribution in [3.05, 3.63) is 95.3 Å². The first-order valence-electron chi connectivity index (χ1n) is 39.4. The van der Waals surface area contributed by atoms with Crippen LogP contribution in [-0.4, -0.2) is 36.4 Å². The van der Waals surface area contributed by atoms with Crippen LogP contribution in [0, 0.1) is 23.7 Å². The van der Waals surface area contributed by atoms with Crippen LogP contribution in [0.5, 0.6) is 23.0 Å². The fourth-order valence-corrected chi connectivity index (χ4v) is 12.4. The van der Waals surface area contributed by atoms with Crippen molar-refractivity contribution in [2.24, 2.45) is 0 Å². The minimum absolute atomic E-state index is 0.690. The first-order valence-corrected chi connectivity index (χ1v) is 39.4. The van der Waals surface area contributed by atoms with Gasteiger partial charge in [0.15, 0.2) is 23.0 Å². The highest BCUT2D eigenvalue weighted by molar-refractivity contribution is 5.57. The summed E-state index contributed by atoms with van der Waals surface area (Å²) in [4.78, 5) is 9.56. The zero-order valence-electron chi connectivity index (χ0n) is 60.1. The predicted molar refractivity (Wildman–Crippen MR) is 397 cm³/mol. The van der Waals surface area contributed by atoms with Crippen LogP contribution in [0.1, 0.15) is 384 Å². The van der Waals surface area contributed by atoms with Crippen LogP contribution in [0.3, 0.4) is 0 Å². The van der Waals surface area contributed by atoms with E-state index in [9.17, 15) is 0 Å². The lowest BCUT2D eigenvalue weighted by molar-refractivity contribution is 0.258. The standard InChI is InChI=1S/C86H136N2O4/c1-5-9-13-17-21-25-29-33-37-41-45-49-53-69-89-83-67-63-77(73-85(83)91-71-55-51-47-43-39-35-31-27-23-19-15-11-7-3)57-59-79-61-65-81(87-75-79)82-66-62-80(76-88-82)60-58-78-64-68-84(90-70-54-50-46-42-38-34-30-26-22-18-14-10-6-2)86(74-78)92-72-56-52-48-44-40-36-32-28-24-20-16-12-8-4/h61-68,73-76H,5-56,69-72H2,1-4H3. The highest BCUT2D eigenvalue weighted by Gasteiger charge is 2.11. The number of pyridine rings is 2. The second-order valence-corrected chi connectivity index (χ2v) is 27.1. The molecule has 0 spiro atoms. The molecule has 0 aliphatic rings. The number of hydrogen-bond acceptors (Lipinski definition) is 6. The predicted octanol–water partition coefficient (Wildman–Crippen LogP) is 26.8. The number of unbranched alkanes of at least 4 members (excludes halogenated alkanes) is 48. The van der Waals surface area contributed by atoms with Gasteiger partial charge in [-0.1, -0.05) is 360 Å². The van der Waals surface area contributed by atoms with E-state index in [1.54, 1.807) is 0 Å². The Morgan fingerprint density at radius 2 is 0.413 bits per heavy atom. The van der Waals surface area contributed by atoms with Gasteiger partial charge in [0.1, 0.15) is 0 Å². The van der Waals surface area contributed by atoms with E-state index in [2.05, 4.69) is 75.6 Å². The Bertz CT molecular complexity index is 2270. The van der Waals surface area contributed by atoms with Gasteiger partial charge in [0.2, 0.25) is 0 Å². The van der Waals surface area contributed by atoms with Gasteiger partial charge < -0.3 is 18.9 Å². The van der Waals surface area contributed by atoms with Crippen molar-refractivity contribution in [3.8, 4) is 58.1 Å². The van der Waals surface area contributed by atoms with Gasteiger partial charge in [-0.25, -0.2) is 0 Å². The number of aromatic nitrogens is 2. The molecule has 4 rings (SSSR count). The fraction of sp³-hybridized carbons (Fsp3) is 0.698. The monoisotopic (exact) mass is 1260 g/mol. The van der Waals surface area contributed by atoms with Gasteiger partial charge in [-0.15, -0.1) is 0 Å². The van der Waals surface area contributed by atoms with E-state index >= 15 is 0 Å².